The molecule has 1 amide bonds. The number of amides is 1. The maximum absolute atomic E-state index is 11.9. The number of hydrogen-bond acceptors (Lipinski definition) is 2. The van der Waals surface area contributed by atoms with Gasteiger partial charge in [0.15, 0.2) is 5.11 Å². The normalized spacial score (nSPS) is 10.2. The molecule has 0 radical (unpaired) electrons. The second-order valence-corrected chi connectivity index (χ2v) is 4.75. The minimum atomic E-state index is -0.291. The molecule has 0 fully saturated rings. The van der Waals surface area contributed by atoms with Crippen molar-refractivity contribution in [3.63, 3.8) is 0 Å². The lowest BCUT2D eigenvalue weighted by Gasteiger charge is -2.07. The predicted molar refractivity (Wildman–Crippen MR) is 75.9 cm³/mol. The standard InChI is InChI=1S/C12H9BrN2OS/c13-10-6-2-3-7-8(10)4-1-5-9(7)11(16)15-12(14)17/h1-6H,(H3,14,15,16,17). The first-order valence-electron chi connectivity index (χ1n) is 4.87. The third-order valence-electron chi connectivity index (χ3n) is 2.35. The van der Waals surface area contributed by atoms with Crippen LogP contribution in [0.4, 0.5) is 0 Å². The molecule has 0 aliphatic heterocycles. The zero-order chi connectivity index (χ0) is 12.4. The molecule has 0 aliphatic carbocycles. The van der Waals surface area contributed by atoms with Crippen molar-refractivity contribution in [1.82, 2.24) is 5.32 Å². The molecule has 2 rings (SSSR count). The fourth-order valence-corrected chi connectivity index (χ4v) is 2.24. The molecular weight excluding hydrogens is 300 g/mol. The molecule has 0 saturated heterocycles. The summed E-state index contributed by atoms with van der Waals surface area (Å²) in [4.78, 5) is 11.9. The Morgan fingerprint density at radius 2 is 1.82 bits per heavy atom. The molecule has 2 aromatic rings. The van der Waals surface area contributed by atoms with E-state index in [9.17, 15) is 4.79 Å². The summed E-state index contributed by atoms with van der Waals surface area (Å²) in [5.74, 6) is -0.291. The van der Waals surface area contributed by atoms with Crippen LogP contribution in [0.15, 0.2) is 40.9 Å². The van der Waals surface area contributed by atoms with Crippen molar-refractivity contribution in [1.29, 1.82) is 0 Å². The fraction of sp³-hybridized carbons (Fsp3) is 0. The second kappa shape index (κ2) is 4.81. The van der Waals surface area contributed by atoms with Gasteiger partial charge in [0.2, 0.25) is 0 Å². The van der Waals surface area contributed by atoms with E-state index in [-0.39, 0.29) is 11.0 Å². The Kier molecular flexibility index (Phi) is 3.40. The molecule has 0 heterocycles. The first-order chi connectivity index (χ1) is 8.09. The number of carbonyl (C=O) groups excluding carboxylic acids is 1. The first kappa shape index (κ1) is 12.0. The SMILES string of the molecule is NC(=S)NC(=O)c1cccc2c(Br)cccc12. The van der Waals surface area contributed by atoms with E-state index < -0.39 is 0 Å². The van der Waals surface area contributed by atoms with Gasteiger partial charge in [-0.15, -0.1) is 0 Å². The van der Waals surface area contributed by atoms with E-state index in [2.05, 4.69) is 33.5 Å². The molecule has 5 heteroatoms. The summed E-state index contributed by atoms with van der Waals surface area (Å²) in [6, 6.07) is 11.2. The second-order valence-electron chi connectivity index (χ2n) is 3.46. The van der Waals surface area contributed by atoms with Crippen LogP contribution in [0, 0.1) is 0 Å². The number of rotatable bonds is 1. The maximum Gasteiger partial charge on any atom is 0.258 e. The van der Waals surface area contributed by atoms with E-state index in [0.717, 1.165) is 15.2 Å². The van der Waals surface area contributed by atoms with Crippen LogP contribution in [0.25, 0.3) is 10.8 Å². The average molecular weight is 309 g/mol. The molecule has 2 aromatic carbocycles. The Labute approximate surface area is 112 Å². The average Bonchev–Trinajstić information content (AvgIpc) is 2.28. The Hall–Kier alpha value is -1.46. The third kappa shape index (κ3) is 2.45. The van der Waals surface area contributed by atoms with E-state index in [1.54, 1.807) is 6.07 Å². The van der Waals surface area contributed by atoms with Crippen molar-refractivity contribution in [3.05, 3.63) is 46.4 Å². The number of nitrogens with two attached hydrogens (primary N) is 1. The van der Waals surface area contributed by atoms with Gasteiger partial charge in [-0.2, -0.15) is 0 Å². The molecule has 0 bridgehead atoms. The minimum absolute atomic E-state index is 0.0259. The molecular formula is C12H9BrN2OS. The highest BCUT2D eigenvalue weighted by atomic mass is 79.9. The predicted octanol–water partition coefficient (Wildman–Crippen LogP) is 2.58. The molecule has 0 spiro atoms. The summed E-state index contributed by atoms with van der Waals surface area (Å²) >= 11 is 8.11. The zero-order valence-corrected chi connectivity index (χ0v) is 11.1. The molecule has 0 unspecified atom stereocenters. The molecule has 3 N–H and O–H groups in total. The molecule has 86 valence electrons. The van der Waals surface area contributed by atoms with Crippen LogP contribution >= 0.6 is 28.1 Å². The van der Waals surface area contributed by atoms with Crippen molar-refractivity contribution >= 4 is 49.9 Å². The van der Waals surface area contributed by atoms with Gasteiger partial charge in [-0.1, -0.05) is 40.2 Å². The van der Waals surface area contributed by atoms with Gasteiger partial charge in [0.1, 0.15) is 0 Å². The number of fused-ring (bicyclic) bond motifs is 1. The van der Waals surface area contributed by atoms with Crippen LogP contribution < -0.4 is 11.1 Å². The van der Waals surface area contributed by atoms with Crippen LogP contribution in [0.1, 0.15) is 10.4 Å². The Bertz CT molecular complexity index is 612. The Morgan fingerprint density at radius 3 is 2.53 bits per heavy atom. The number of nitrogens with one attached hydrogen (secondary N) is 1. The summed E-state index contributed by atoms with van der Waals surface area (Å²) in [5, 5.41) is 4.23. The molecule has 0 aliphatic rings. The van der Waals surface area contributed by atoms with Gasteiger partial charge in [0.25, 0.3) is 5.91 Å². The van der Waals surface area contributed by atoms with Crippen LogP contribution in [0.5, 0.6) is 0 Å². The number of hydrogen-bond donors (Lipinski definition) is 2. The largest absolute Gasteiger partial charge is 0.376 e. The van der Waals surface area contributed by atoms with Crippen LogP contribution in [0.3, 0.4) is 0 Å². The summed E-state index contributed by atoms with van der Waals surface area (Å²) in [7, 11) is 0. The summed E-state index contributed by atoms with van der Waals surface area (Å²) < 4.78 is 0.944. The van der Waals surface area contributed by atoms with Crippen LogP contribution in [-0.2, 0) is 0 Å². The highest BCUT2D eigenvalue weighted by Crippen LogP contribution is 2.26. The lowest BCUT2D eigenvalue weighted by Crippen LogP contribution is -2.34. The van der Waals surface area contributed by atoms with Gasteiger partial charge >= 0.3 is 0 Å². The third-order valence-corrected chi connectivity index (χ3v) is 3.14. The van der Waals surface area contributed by atoms with Crippen molar-refractivity contribution < 1.29 is 4.79 Å². The van der Waals surface area contributed by atoms with E-state index in [1.165, 1.54) is 0 Å². The van der Waals surface area contributed by atoms with Gasteiger partial charge in [-0.05, 0) is 35.1 Å². The van der Waals surface area contributed by atoms with Gasteiger partial charge in [0.05, 0.1) is 0 Å². The number of halogens is 1. The van der Waals surface area contributed by atoms with Crippen LogP contribution in [-0.4, -0.2) is 11.0 Å². The van der Waals surface area contributed by atoms with Crippen molar-refractivity contribution in [2.24, 2.45) is 5.73 Å². The Balaban J connectivity index is 2.59. The first-order valence-corrected chi connectivity index (χ1v) is 6.08. The van der Waals surface area contributed by atoms with Crippen molar-refractivity contribution in [2.45, 2.75) is 0 Å². The highest BCUT2D eigenvalue weighted by molar-refractivity contribution is 9.10. The lowest BCUT2D eigenvalue weighted by atomic mass is 10.0. The molecule has 17 heavy (non-hydrogen) atoms. The molecule has 0 aromatic heterocycles. The van der Waals surface area contributed by atoms with Crippen LogP contribution in [0.2, 0.25) is 0 Å². The van der Waals surface area contributed by atoms with Gasteiger partial charge in [-0.25, -0.2) is 0 Å². The van der Waals surface area contributed by atoms with E-state index in [1.807, 2.05) is 30.3 Å². The summed E-state index contributed by atoms with van der Waals surface area (Å²) in [5.41, 5.74) is 5.85. The maximum atomic E-state index is 11.9. The molecule has 0 atom stereocenters. The highest BCUT2D eigenvalue weighted by Gasteiger charge is 2.10. The van der Waals surface area contributed by atoms with Gasteiger partial charge in [-0.3, -0.25) is 10.1 Å². The van der Waals surface area contributed by atoms with Crippen molar-refractivity contribution in [3.8, 4) is 0 Å². The number of benzene rings is 2. The van der Waals surface area contributed by atoms with Crippen molar-refractivity contribution in [2.75, 3.05) is 0 Å². The molecule has 3 nitrogen and oxygen atoms in total. The van der Waals surface area contributed by atoms with Gasteiger partial charge in [0, 0.05) is 10.0 Å². The lowest BCUT2D eigenvalue weighted by molar-refractivity contribution is 0.0979. The fourth-order valence-electron chi connectivity index (χ4n) is 1.65. The topological polar surface area (TPSA) is 55.1 Å². The molecule has 0 saturated carbocycles. The van der Waals surface area contributed by atoms with E-state index in [0.29, 0.717) is 5.56 Å². The Morgan fingerprint density at radius 1 is 1.18 bits per heavy atom. The van der Waals surface area contributed by atoms with Gasteiger partial charge < -0.3 is 5.73 Å². The summed E-state index contributed by atoms with van der Waals surface area (Å²) in [6.45, 7) is 0. The quantitative estimate of drug-likeness (QED) is 0.796. The minimum Gasteiger partial charge on any atom is -0.376 e. The number of thiocarbonyl (C=S) groups is 1. The van der Waals surface area contributed by atoms with E-state index >= 15 is 0 Å². The smallest absolute Gasteiger partial charge is 0.258 e. The monoisotopic (exact) mass is 308 g/mol. The van der Waals surface area contributed by atoms with E-state index in [4.69, 9.17) is 5.73 Å². The number of carbonyl (C=O) groups is 1. The summed E-state index contributed by atoms with van der Waals surface area (Å²) in [6.07, 6.45) is 0. The zero-order valence-electron chi connectivity index (χ0n) is 8.74.